The van der Waals surface area contributed by atoms with Crippen molar-refractivity contribution in [2.45, 2.75) is 58.0 Å². The summed E-state index contributed by atoms with van der Waals surface area (Å²) in [6.45, 7) is 9.13. The van der Waals surface area contributed by atoms with E-state index >= 15 is 0 Å². The Morgan fingerprint density at radius 3 is 2.38 bits per heavy atom. The van der Waals surface area contributed by atoms with Gasteiger partial charge in [-0.15, -0.1) is 0 Å². The number of likely N-dealkylation sites (N-methyl/N-ethyl adjacent to an activating group) is 1. The van der Waals surface area contributed by atoms with Gasteiger partial charge in [-0.05, 0) is 60.2 Å². The van der Waals surface area contributed by atoms with Crippen LogP contribution in [0.15, 0.2) is 0 Å². The van der Waals surface area contributed by atoms with Crippen LogP contribution in [0.1, 0.15) is 44.4 Å². The lowest BCUT2D eigenvalue weighted by atomic mass is 9.86. The van der Waals surface area contributed by atoms with Crippen molar-refractivity contribution in [2.24, 2.45) is 7.05 Å². The van der Waals surface area contributed by atoms with Gasteiger partial charge >= 0.3 is 0 Å². The SMILES string of the molecule is CNC(Cc1c(C)nn(C)c1Cl)C(C)(C)N1CCCCC1. The van der Waals surface area contributed by atoms with E-state index < -0.39 is 0 Å². The Labute approximate surface area is 133 Å². The maximum Gasteiger partial charge on any atom is 0.130 e. The summed E-state index contributed by atoms with van der Waals surface area (Å²) < 4.78 is 1.77. The molecule has 4 nitrogen and oxygen atoms in total. The maximum absolute atomic E-state index is 6.41. The van der Waals surface area contributed by atoms with Gasteiger partial charge in [0, 0.05) is 24.2 Å². The second kappa shape index (κ2) is 6.67. The van der Waals surface area contributed by atoms with Crippen LogP contribution in [0.3, 0.4) is 0 Å². The topological polar surface area (TPSA) is 33.1 Å². The second-order valence-electron chi connectivity index (χ2n) is 6.73. The first-order valence-corrected chi connectivity index (χ1v) is 8.36. The van der Waals surface area contributed by atoms with Crippen molar-refractivity contribution in [3.8, 4) is 0 Å². The van der Waals surface area contributed by atoms with Crippen LogP contribution in [0, 0.1) is 6.92 Å². The molecule has 0 bridgehead atoms. The molecule has 120 valence electrons. The first-order chi connectivity index (χ1) is 9.87. The van der Waals surface area contributed by atoms with Crippen molar-refractivity contribution in [3.63, 3.8) is 0 Å². The van der Waals surface area contributed by atoms with E-state index in [0.29, 0.717) is 6.04 Å². The van der Waals surface area contributed by atoms with Crippen molar-refractivity contribution < 1.29 is 0 Å². The van der Waals surface area contributed by atoms with Crippen molar-refractivity contribution in [2.75, 3.05) is 20.1 Å². The molecule has 5 heteroatoms. The largest absolute Gasteiger partial charge is 0.315 e. The number of likely N-dealkylation sites (tertiary alicyclic amines) is 1. The van der Waals surface area contributed by atoms with E-state index in [1.165, 1.54) is 37.9 Å². The smallest absolute Gasteiger partial charge is 0.130 e. The fraction of sp³-hybridized carbons (Fsp3) is 0.812. The zero-order chi connectivity index (χ0) is 15.6. The van der Waals surface area contributed by atoms with Gasteiger partial charge in [-0.1, -0.05) is 18.0 Å². The van der Waals surface area contributed by atoms with Crippen molar-refractivity contribution in [3.05, 3.63) is 16.4 Å². The van der Waals surface area contributed by atoms with Gasteiger partial charge in [0.2, 0.25) is 0 Å². The van der Waals surface area contributed by atoms with Crippen LogP contribution in [0.4, 0.5) is 0 Å². The van der Waals surface area contributed by atoms with E-state index in [-0.39, 0.29) is 5.54 Å². The zero-order valence-corrected chi connectivity index (χ0v) is 14.8. The molecule has 1 atom stereocenters. The number of halogens is 1. The van der Waals surface area contributed by atoms with Crippen LogP contribution in [0.5, 0.6) is 0 Å². The number of piperidine rings is 1. The molecule has 0 radical (unpaired) electrons. The summed E-state index contributed by atoms with van der Waals surface area (Å²) in [5.41, 5.74) is 2.32. The van der Waals surface area contributed by atoms with Crippen LogP contribution >= 0.6 is 11.6 Å². The molecule has 1 aliphatic rings. The Kier molecular flexibility index (Phi) is 5.33. The summed E-state index contributed by atoms with van der Waals surface area (Å²) in [5.74, 6) is 0. The molecule has 1 aromatic heterocycles. The molecule has 1 unspecified atom stereocenters. The average Bonchev–Trinajstić information content (AvgIpc) is 2.71. The minimum absolute atomic E-state index is 0.112. The van der Waals surface area contributed by atoms with Crippen molar-refractivity contribution in [1.82, 2.24) is 20.0 Å². The molecule has 0 aromatic carbocycles. The van der Waals surface area contributed by atoms with Crippen LogP contribution < -0.4 is 5.32 Å². The highest BCUT2D eigenvalue weighted by Gasteiger charge is 2.36. The van der Waals surface area contributed by atoms with Gasteiger partial charge in [0.1, 0.15) is 5.15 Å². The quantitative estimate of drug-likeness (QED) is 0.907. The van der Waals surface area contributed by atoms with E-state index in [1.807, 2.05) is 14.0 Å². The van der Waals surface area contributed by atoms with Gasteiger partial charge in [-0.3, -0.25) is 9.58 Å². The Morgan fingerprint density at radius 2 is 1.90 bits per heavy atom. The Balaban J connectivity index is 2.18. The number of nitrogens with zero attached hydrogens (tertiary/aromatic N) is 3. The lowest BCUT2D eigenvalue weighted by Crippen LogP contribution is -2.59. The van der Waals surface area contributed by atoms with Crippen LogP contribution in [0.2, 0.25) is 5.15 Å². The molecule has 1 N–H and O–H groups in total. The first-order valence-electron chi connectivity index (χ1n) is 7.98. The summed E-state index contributed by atoms with van der Waals surface area (Å²) in [4.78, 5) is 2.62. The fourth-order valence-corrected chi connectivity index (χ4v) is 3.76. The standard InChI is InChI=1S/C16H29ClN4/c1-12-13(15(17)20(5)19-12)11-14(18-4)16(2,3)21-9-7-6-8-10-21/h14,18H,6-11H2,1-5H3. The van der Waals surface area contributed by atoms with E-state index in [9.17, 15) is 0 Å². The lowest BCUT2D eigenvalue weighted by Gasteiger charge is -2.46. The molecule has 0 saturated carbocycles. The number of hydrogen-bond donors (Lipinski definition) is 1. The molecule has 21 heavy (non-hydrogen) atoms. The minimum atomic E-state index is 0.112. The molecule has 2 heterocycles. The molecular formula is C16H29ClN4. The summed E-state index contributed by atoms with van der Waals surface area (Å²) in [6.07, 6.45) is 4.90. The molecular weight excluding hydrogens is 284 g/mol. The molecule has 1 aliphatic heterocycles. The predicted molar refractivity (Wildman–Crippen MR) is 89.0 cm³/mol. The molecule has 1 fully saturated rings. The highest BCUT2D eigenvalue weighted by atomic mass is 35.5. The summed E-state index contributed by atoms with van der Waals surface area (Å²) in [5, 5.41) is 8.72. The fourth-order valence-electron chi connectivity index (χ4n) is 3.51. The summed E-state index contributed by atoms with van der Waals surface area (Å²) >= 11 is 6.41. The monoisotopic (exact) mass is 312 g/mol. The third kappa shape index (κ3) is 3.43. The van der Waals surface area contributed by atoms with Gasteiger partial charge in [0.25, 0.3) is 0 Å². The van der Waals surface area contributed by atoms with Gasteiger partial charge in [-0.2, -0.15) is 5.10 Å². The van der Waals surface area contributed by atoms with Crippen LogP contribution in [-0.2, 0) is 13.5 Å². The van der Waals surface area contributed by atoms with Crippen molar-refractivity contribution >= 4 is 11.6 Å². The number of nitrogens with one attached hydrogen (secondary N) is 1. The second-order valence-corrected chi connectivity index (χ2v) is 7.08. The summed E-state index contributed by atoms with van der Waals surface area (Å²) in [6, 6.07) is 0.357. The Morgan fingerprint density at radius 1 is 1.29 bits per heavy atom. The minimum Gasteiger partial charge on any atom is -0.315 e. The number of hydrogen-bond acceptors (Lipinski definition) is 3. The van der Waals surface area contributed by atoms with Gasteiger partial charge in [0.05, 0.1) is 5.69 Å². The number of rotatable bonds is 5. The molecule has 0 spiro atoms. The van der Waals surface area contributed by atoms with Crippen LogP contribution in [0.25, 0.3) is 0 Å². The Bertz CT molecular complexity index is 475. The van der Waals surface area contributed by atoms with E-state index in [4.69, 9.17) is 11.6 Å². The molecule has 2 rings (SSSR count). The third-order valence-electron chi connectivity index (χ3n) is 5.05. The van der Waals surface area contributed by atoms with Gasteiger partial charge in [-0.25, -0.2) is 0 Å². The van der Waals surface area contributed by atoms with Gasteiger partial charge < -0.3 is 5.32 Å². The Hall–Kier alpha value is -0.580. The zero-order valence-electron chi connectivity index (χ0n) is 14.0. The van der Waals surface area contributed by atoms with E-state index in [0.717, 1.165) is 17.3 Å². The number of aryl methyl sites for hydroxylation is 2. The average molecular weight is 313 g/mol. The predicted octanol–water partition coefficient (Wildman–Crippen LogP) is 2.78. The third-order valence-corrected chi connectivity index (χ3v) is 5.52. The van der Waals surface area contributed by atoms with Gasteiger partial charge in [0.15, 0.2) is 0 Å². The molecule has 1 aromatic rings. The molecule has 1 saturated heterocycles. The molecule has 0 amide bonds. The maximum atomic E-state index is 6.41. The van der Waals surface area contributed by atoms with E-state index in [1.54, 1.807) is 4.68 Å². The van der Waals surface area contributed by atoms with Crippen LogP contribution in [-0.4, -0.2) is 46.4 Å². The van der Waals surface area contributed by atoms with Crippen molar-refractivity contribution in [1.29, 1.82) is 0 Å². The van der Waals surface area contributed by atoms with E-state index in [2.05, 4.69) is 36.2 Å². The number of aromatic nitrogens is 2. The summed E-state index contributed by atoms with van der Waals surface area (Å²) in [7, 11) is 3.96. The highest BCUT2D eigenvalue weighted by molar-refractivity contribution is 6.30. The highest BCUT2D eigenvalue weighted by Crippen LogP contribution is 2.28. The first kappa shape index (κ1) is 16.8. The normalized spacial score (nSPS) is 19.0. The molecule has 0 aliphatic carbocycles. The lowest BCUT2D eigenvalue weighted by molar-refractivity contribution is 0.0635.